The summed E-state index contributed by atoms with van der Waals surface area (Å²) in [5.74, 6) is 1.92. The van der Waals surface area contributed by atoms with Gasteiger partial charge >= 0.3 is 0 Å². The minimum Gasteiger partial charge on any atom is -0.487 e. The van der Waals surface area contributed by atoms with E-state index in [1.807, 2.05) is 0 Å². The van der Waals surface area contributed by atoms with Gasteiger partial charge in [0.2, 0.25) is 0 Å². The van der Waals surface area contributed by atoms with Crippen molar-refractivity contribution in [3.63, 3.8) is 0 Å². The van der Waals surface area contributed by atoms with E-state index in [1.165, 1.54) is 24.0 Å². The van der Waals surface area contributed by atoms with Gasteiger partial charge < -0.3 is 4.74 Å². The van der Waals surface area contributed by atoms with E-state index in [1.54, 1.807) is 0 Å². The number of ether oxygens (including phenoxy) is 1. The number of rotatable bonds is 1. The maximum Gasteiger partial charge on any atom is 0.123 e. The van der Waals surface area contributed by atoms with Crippen LogP contribution in [0.4, 0.5) is 0 Å². The van der Waals surface area contributed by atoms with Gasteiger partial charge in [0.15, 0.2) is 0 Å². The molecule has 1 aromatic carbocycles. The predicted octanol–water partition coefficient (Wildman–Crippen LogP) is 3.10. The molecule has 1 saturated carbocycles. The average molecular weight is 188 g/mol. The van der Waals surface area contributed by atoms with Crippen LogP contribution in [0.25, 0.3) is 0 Å². The summed E-state index contributed by atoms with van der Waals surface area (Å²) in [6.07, 6.45) is 3.81. The first kappa shape index (κ1) is 8.34. The maximum atomic E-state index is 6.07. The first-order valence-electron chi connectivity index (χ1n) is 5.46. The van der Waals surface area contributed by atoms with Crippen LogP contribution < -0.4 is 4.74 Å². The molecule has 3 rings (SSSR count). The lowest BCUT2D eigenvalue weighted by molar-refractivity contribution is 0.0909. The maximum absolute atomic E-state index is 6.07. The molecule has 1 heterocycles. The molecule has 14 heavy (non-hydrogen) atoms. The van der Waals surface area contributed by atoms with Crippen molar-refractivity contribution in [2.45, 2.75) is 38.7 Å². The monoisotopic (exact) mass is 188 g/mol. The highest BCUT2D eigenvalue weighted by atomic mass is 16.5. The molecule has 1 aliphatic heterocycles. The first-order valence-corrected chi connectivity index (χ1v) is 5.46. The van der Waals surface area contributed by atoms with Gasteiger partial charge in [0.1, 0.15) is 11.4 Å². The topological polar surface area (TPSA) is 9.23 Å². The summed E-state index contributed by atoms with van der Waals surface area (Å²) in [5, 5.41) is 0. The van der Waals surface area contributed by atoms with Gasteiger partial charge in [-0.3, -0.25) is 0 Å². The molecule has 1 nitrogen and oxygen atoms in total. The Morgan fingerprint density at radius 2 is 2.14 bits per heavy atom. The second kappa shape index (κ2) is 2.53. The van der Waals surface area contributed by atoms with Gasteiger partial charge in [0.05, 0.1) is 0 Å². The van der Waals surface area contributed by atoms with Gasteiger partial charge in [-0.15, -0.1) is 0 Å². The zero-order valence-electron chi connectivity index (χ0n) is 8.84. The highest BCUT2D eigenvalue weighted by Crippen LogP contribution is 2.48. The summed E-state index contributed by atoms with van der Waals surface area (Å²) in [6.45, 7) is 4.41. The molecule has 2 aliphatic rings. The zero-order valence-corrected chi connectivity index (χ0v) is 8.84. The van der Waals surface area contributed by atoms with Crippen LogP contribution in [0, 0.1) is 12.8 Å². The number of hydrogen-bond donors (Lipinski definition) is 0. The molecule has 0 saturated heterocycles. The van der Waals surface area contributed by atoms with Crippen molar-refractivity contribution >= 4 is 0 Å². The molecule has 0 spiro atoms. The van der Waals surface area contributed by atoms with Crippen LogP contribution in [0.3, 0.4) is 0 Å². The Hall–Kier alpha value is -0.980. The van der Waals surface area contributed by atoms with Crippen LogP contribution in [-0.4, -0.2) is 5.60 Å². The Morgan fingerprint density at radius 1 is 1.36 bits per heavy atom. The summed E-state index contributed by atoms with van der Waals surface area (Å²) in [4.78, 5) is 0. The molecule has 0 radical (unpaired) electrons. The van der Waals surface area contributed by atoms with Crippen LogP contribution in [0.1, 0.15) is 30.9 Å². The van der Waals surface area contributed by atoms with Crippen molar-refractivity contribution in [2.24, 2.45) is 5.92 Å². The highest BCUT2D eigenvalue weighted by molar-refractivity contribution is 5.42. The third-order valence-electron chi connectivity index (χ3n) is 3.54. The van der Waals surface area contributed by atoms with Crippen LogP contribution in [0.5, 0.6) is 5.75 Å². The van der Waals surface area contributed by atoms with E-state index in [2.05, 4.69) is 32.0 Å². The fourth-order valence-corrected chi connectivity index (χ4v) is 2.53. The molecule has 1 unspecified atom stereocenters. The zero-order chi connectivity index (χ0) is 9.76. The second-order valence-electron chi connectivity index (χ2n) is 4.98. The molecule has 1 aromatic rings. The fourth-order valence-electron chi connectivity index (χ4n) is 2.53. The summed E-state index contributed by atoms with van der Waals surface area (Å²) >= 11 is 0. The smallest absolute Gasteiger partial charge is 0.123 e. The van der Waals surface area contributed by atoms with Gasteiger partial charge in [0, 0.05) is 6.42 Å². The van der Waals surface area contributed by atoms with Crippen molar-refractivity contribution in [3.05, 3.63) is 29.3 Å². The van der Waals surface area contributed by atoms with Gasteiger partial charge in [-0.2, -0.15) is 0 Å². The van der Waals surface area contributed by atoms with Crippen molar-refractivity contribution in [1.82, 2.24) is 0 Å². The Bertz CT molecular complexity index is 379. The Morgan fingerprint density at radius 3 is 2.86 bits per heavy atom. The highest BCUT2D eigenvalue weighted by Gasteiger charge is 2.47. The molecule has 1 atom stereocenters. The molecular formula is C13H16O. The predicted molar refractivity (Wildman–Crippen MR) is 56.6 cm³/mol. The van der Waals surface area contributed by atoms with Crippen LogP contribution in [0.2, 0.25) is 0 Å². The molecule has 1 fully saturated rings. The third-order valence-corrected chi connectivity index (χ3v) is 3.54. The molecule has 0 aromatic heterocycles. The molecular weight excluding hydrogens is 172 g/mol. The summed E-state index contributed by atoms with van der Waals surface area (Å²) in [5.41, 5.74) is 2.85. The molecule has 0 N–H and O–H groups in total. The van der Waals surface area contributed by atoms with Gasteiger partial charge in [-0.1, -0.05) is 17.7 Å². The lowest BCUT2D eigenvalue weighted by Crippen LogP contribution is -2.32. The first-order chi connectivity index (χ1) is 6.67. The van der Waals surface area contributed by atoms with Crippen LogP contribution in [0.15, 0.2) is 18.2 Å². The SMILES string of the molecule is Cc1ccc2c(c1)CC(C)(C1CC1)O2. The van der Waals surface area contributed by atoms with Gasteiger partial charge in [0.25, 0.3) is 0 Å². The lowest BCUT2D eigenvalue weighted by Gasteiger charge is -2.23. The number of hydrogen-bond acceptors (Lipinski definition) is 1. The third kappa shape index (κ3) is 1.15. The van der Waals surface area contributed by atoms with E-state index in [0.717, 1.165) is 18.1 Å². The average Bonchev–Trinajstić information content (AvgIpc) is 2.90. The van der Waals surface area contributed by atoms with E-state index in [9.17, 15) is 0 Å². The van der Waals surface area contributed by atoms with Crippen molar-refractivity contribution in [3.8, 4) is 5.75 Å². The van der Waals surface area contributed by atoms with Crippen molar-refractivity contribution in [2.75, 3.05) is 0 Å². The van der Waals surface area contributed by atoms with Crippen LogP contribution >= 0.6 is 0 Å². The molecule has 1 heteroatoms. The number of fused-ring (bicyclic) bond motifs is 1. The minimum atomic E-state index is 0.107. The summed E-state index contributed by atoms with van der Waals surface area (Å²) < 4.78 is 6.07. The van der Waals surface area contributed by atoms with E-state index in [-0.39, 0.29) is 5.60 Å². The Balaban J connectivity index is 1.96. The van der Waals surface area contributed by atoms with Crippen LogP contribution in [-0.2, 0) is 6.42 Å². The minimum absolute atomic E-state index is 0.107. The number of benzene rings is 1. The second-order valence-corrected chi connectivity index (χ2v) is 4.98. The quantitative estimate of drug-likeness (QED) is 0.658. The fraction of sp³-hybridized carbons (Fsp3) is 0.538. The number of aryl methyl sites for hydroxylation is 1. The molecule has 0 bridgehead atoms. The van der Waals surface area contributed by atoms with E-state index in [0.29, 0.717) is 0 Å². The lowest BCUT2D eigenvalue weighted by atomic mass is 9.94. The summed E-state index contributed by atoms with van der Waals surface area (Å²) in [6, 6.07) is 6.53. The van der Waals surface area contributed by atoms with E-state index < -0.39 is 0 Å². The van der Waals surface area contributed by atoms with Crippen molar-refractivity contribution in [1.29, 1.82) is 0 Å². The van der Waals surface area contributed by atoms with E-state index >= 15 is 0 Å². The van der Waals surface area contributed by atoms with Gasteiger partial charge in [-0.25, -0.2) is 0 Å². The molecule has 74 valence electrons. The summed E-state index contributed by atoms with van der Waals surface area (Å²) in [7, 11) is 0. The van der Waals surface area contributed by atoms with E-state index in [4.69, 9.17) is 4.74 Å². The van der Waals surface area contributed by atoms with Gasteiger partial charge in [-0.05, 0) is 44.2 Å². The Kier molecular flexibility index (Phi) is 1.51. The standard InChI is InChI=1S/C13H16O/c1-9-3-6-12-10(7-9)8-13(2,14-12)11-4-5-11/h3,6-7,11H,4-5,8H2,1-2H3. The normalized spacial score (nSPS) is 29.9. The largest absolute Gasteiger partial charge is 0.487 e. The molecule has 0 amide bonds. The van der Waals surface area contributed by atoms with Crippen molar-refractivity contribution < 1.29 is 4.74 Å². The molecule has 1 aliphatic carbocycles. The Labute approximate surface area is 85.1 Å².